The normalized spacial score (nSPS) is 13.5. The minimum Gasteiger partial charge on any atom is -0.377 e. The lowest BCUT2D eigenvalue weighted by Crippen LogP contribution is -2.48. The molecule has 0 aliphatic carbocycles. The molecule has 202 valence electrons. The second-order valence-electron chi connectivity index (χ2n) is 8.78. The molecule has 1 N–H and O–H groups in total. The first-order chi connectivity index (χ1) is 18.7. The highest BCUT2D eigenvalue weighted by Crippen LogP contribution is 2.25. The zero-order chi connectivity index (χ0) is 27.7. The van der Waals surface area contributed by atoms with Gasteiger partial charge in [0.15, 0.2) is 11.6 Å². The lowest BCUT2D eigenvalue weighted by molar-refractivity contribution is -0.00347. The van der Waals surface area contributed by atoms with Crippen LogP contribution in [0.3, 0.4) is 0 Å². The molecule has 1 saturated heterocycles. The van der Waals surface area contributed by atoms with Gasteiger partial charge < -0.3 is 10.1 Å². The predicted octanol–water partition coefficient (Wildman–Crippen LogP) is 3.41. The van der Waals surface area contributed by atoms with Crippen molar-refractivity contribution in [3.05, 3.63) is 80.5 Å². The quantitative estimate of drug-likeness (QED) is 0.300. The molecular formula is C24H20Cl2F2N8O3. The number of ketones is 1. The first kappa shape index (κ1) is 26.8. The van der Waals surface area contributed by atoms with E-state index in [1.807, 2.05) is 0 Å². The highest BCUT2D eigenvalue weighted by atomic mass is 35.5. The van der Waals surface area contributed by atoms with Gasteiger partial charge in [-0.2, -0.15) is 9.90 Å². The summed E-state index contributed by atoms with van der Waals surface area (Å²) in [6.07, 6.45) is -1.56. The van der Waals surface area contributed by atoms with E-state index in [-0.39, 0.29) is 52.7 Å². The Morgan fingerprint density at radius 2 is 2.00 bits per heavy atom. The molecule has 1 fully saturated rings. The maximum Gasteiger partial charge on any atom is 0.301 e. The van der Waals surface area contributed by atoms with Crippen LogP contribution in [-0.2, 0) is 17.7 Å². The molecule has 3 aromatic heterocycles. The standard InChI is InChI=1S/C24H20Cl2F2N8O3/c1-12-5-13(25)6-17(24(38)30-15-10-39-11-15)16(12)8-20(37)19-7-14(9-35-33-22(21(27)28)31-34-35)32-36(19)23-18(26)3-2-4-29-23/h2-7,15,21H,8-11H2,1H3,(H,30,38). The molecule has 5 rings (SSSR count). The largest absolute Gasteiger partial charge is 0.377 e. The number of aryl methyl sites for hydroxylation is 1. The van der Waals surface area contributed by atoms with Gasteiger partial charge in [-0.3, -0.25) is 9.59 Å². The molecule has 0 atom stereocenters. The van der Waals surface area contributed by atoms with Crippen LogP contribution < -0.4 is 5.32 Å². The number of pyridine rings is 1. The number of hydrogen-bond acceptors (Lipinski definition) is 8. The molecule has 1 aliphatic rings. The van der Waals surface area contributed by atoms with Crippen molar-refractivity contribution in [3.8, 4) is 5.82 Å². The maximum absolute atomic E-state index is 13.7. The molecule has 0 saturated carbocycles. The predicted molar refractivity (Wildman–Crippen MR) is 135 cm³/mol. The molecule has 4 aromatic rings. The van der Waals surface area contributed by atoms with E-state index in [1.54, 1.807) is 25.1 Å². The van der Waals surface area contributed by atoms with Crippen LogP contribution in [0.2, 0.25) is 10.0 Å². The molecule has 11 nitrogen and oxygen atoms in total. The van der Waals surface area contributed by atoms with Gasteiger partial charge in [0.2, 0.25) is 5.82 Å². The fourth-order valence-electron chi connectivity index (χ4n) is 4.00. The minimum atomic E-state index is -2.88. The molecule has 15 heteroatoms. The summed E-state index contributed by atoms with van der Waals surface area (Å²) < 4.78 is 32.2. The van der Waals surface area contributed by atoms with Crippen LogP contribution in [0.4, 0.5) is 8.78 Å². The molecule has 0 spiro atoms. The Kier molecular flexibility index (Phi) is 7.64. The maximum atomic E-state index is 13.7. The number of Topliss-reactive ketones (excluding diaryl/α,β-unsaturated/α-hetero) is 1. The number of halogens is 4. The molecule has 4 heterocycles. The zero-order valence-corrected chi connectivity index (χ0v) is 21.8. The van der Waals surface area contributed by atoms with Crippen molar-refractivity contribution in [2.45, 2.75) is 32.4 Å². The summed E-state index contributed by atoms with van der Waals surface area (Å²) in [5.74, 6) is -1.31. The van der Waals surface area contributed by atoms with Crippen LogP contribution in [0.15, 0.2) is 36.5 Å². The second kappa shape index (κ2) is 11.1. The van der Waals surface area contributed by atoms with Gasteiger partial charge in [0, 0.05) is 23.2 Å². The number of alkyl halides is 2. The Morgan fingerprint density at radius 3 is 2.67 bits per heavy atom. The smallest absolute Gasteiger partial charge is 0.301 e. The van der Waals surface area contributed by atoms with E-state index in [0.29, 0.717) is 29.4 Å². The first-order valence-electron chi connectivity index (χ1n) is 11.7. The lowest BCUT2D eigenvalue weighted by Gasteiger charge is -2.27. The minimum absolute atomic E-state index is 0.105. The Labute approximate surface area is 230 Å². The van der Waals surface area contributed by atoms with E-state index in [0.717, 1.165) is 4.80 Å². The van der Waals surface area contributed by atoms with Crippen LogP contribution in [0.25, 0.3) is 5.82 Å². The molecular weight excluding hydrogens is 557 g/mol. The SMILES string of the molecule is Cc1cc(Cl)cc(C(=O)NC2COC2)c1CC(=O)c1cc(Cn2nnc(C(F)F)n2)nn1-c1ncccc1Cl. The summed E-state index contributed by atoms with van der Waals surface area (Å²) in [6, 6.07) is 7.74. The van der Waals surface area contributed by atoms with Crippen molar-refractivity contribution in [2.24, 2.45) is 0 Å². The van der Waals surface area contributed by atoms with E-state index in [4.69, 9.17) is 27.9 Å². The molecule has 0 unspecified atom stereocenters. The monoisotopic (exact) mass is 576 g/mol. The summed E-state index contributed by atoms with van der Waals surface area (Å²) in [6.45, 7) is 2.43. The molecule has 1 aromatic carbocycles. The number of ether oxygens (including phenoxy) is 1. The number of nitrogens with zero attached hydrogens (tertiary/aromatic N) is 7. The number of carbonyl (C=O) groups is 2. The van der Waals surface area contributed by atoms with Gasteiger partial charge >= 0.3 is 6.43 Å². The average Bonchev–Trinajstić information content (AvgIpc) is 3.51. The number of benzene rings is 1. The number of amides is 1. The van der Waals surface area contributed by atoms with Crippen LogP contribution in [-0.4, -0.2) is 65.9 Å². The molecule has 0 bridgehead atoms. The van der Waals surface area contributed by atoms with E-state index in [2.05, 4.69) is 30.8 Å². The van der Waals surface area contributed by atoms with Crippen LogP contribution in [0.1, 0.15) is 49.9 Å². The Balaban J connectivity index is 1.50. The topological polar surface area (TPSA) is 130 Å². The van der Waals surface area contributed by atoms with Crippen molar-refractivity contribution in [2.75, 3.05) is 13.2 Å². The van der Waals surface area contributed by atoms with Gasteiger partial charge in [-0.15, -0.1) is 10.2 Å². The van der Waals surface area contributed by atoms with Crippen molar-refractivity contribution in [1.29, 1.82) is 0 Å². The summed E-state index contributed by atoms with van der Waals surface area (Å²) >= 11 is 12.6. The van der Waals surface area contributed by atoms with E-state index < -0.39 is 18.0 Å². The number of hydrogen-bond donors (Lipinski definition) is 1. The molecule has 1 amide bonds. The van der Waals surface area contributed by atoms with E-state index >= 15 is 0 Å². The van der Waals surface area contributed by atoms with E-state index in [1.165, 1.54) is 23.0 Å². The summed E-state index contributed by atoms with van der Waals surface area (Å²) in [5.41, 5.74) is 1.79. The Morgan fingerprint density at radius 1 is 1.21 bits per heavy atom. The summed E-state index contributed by atoms with van der Waals surface area (Å²) in [7, 11) is 0. The number of carbonyl (C=O) groups excluding carboxylic acids is 2. The third-order valence-electron chi connectivity index (χ3n) is 5.95. The second-order valence-corrected chi connectivity index (χ2v) is 9.62. The number of tetrazole rings is 1. The van der Waals surface area contributed by atoms with Gasteiger partial charge in [0.05, 0.1) is 30.0 Å². The van der Waals surface area contributed by atoms with Crippen LogP contribution in [0.5, 0.6) is 0 Å². The van der Waals surface area contributed by atoms with Gasteiger partial charge in [-0.25, -0.2) is 18.4 Å². The molecule has 39 heavy (non-hydrogen) atoms. The average molecular weight is 577 g/mol. The lowest BCUT2D eigenvalue weighted by atomic mass is 9.95. The third-order valence-corrected chi connectivity index (χ3v) is 6.46. The fraction of sp³-hybridized carbons (Fsp3) is 0.292. The Hall–Kier alpha value is -3.81. The highest BCUT2D eigenvalue weighted by molar-refractivity contribution is 6.32. The van der Waals surface area contributed by atoms with Crippen molar-refractivity contribution >= 4 is 34.9 Å². The third kappa shape index (κ3) is 5.79. The number of rotatable bonds is 9. The number of aromatic nitrogens is 7. The van der Waals surface area contributed by atoms with Crippen molar-refractivity contribution in [3.63, 3.8) is 0 Å². The fourth-order valence-corrected chi connectivity index (χ4v) is 4.47. The highest BCUT2D eigenvalue weighted by Gasteiger charge is 2.26. The molecule has 1 aliphatic heterocycles. The van der Waals surface area contributed by atoms with Gasteiger partial charge in [0.1, 0.15) is 12.2 Å². The van der Waals surface area contributed by atoms with Crippen LogP contribution in [0, 0.1) is 6.92 Å². The van der Waals surface area contributed by atoms with Gasteiger partial charge in [-0.05, 0) is 53.6 Å². The molecule has 0 radical (unpaired) electrons. The van der Waals surface area contributed by atoms with Crippen molar-refractivity contribution < 1.29 is 23.1 Å². The van der Waals surface area contributed by atoms with E-state index in [9.17, 15) is 18.4 Å². The van der Waals surface area contributed by atoms with Crippen molar-refractivity contribution in [1.82, 2.24) is 40.3 Å². The van der Waals surface area contributed by atoms with Gasteiger partial charge in [-0.1, -0.05) is 23.2 Å². The first-order valence-corrected chi connectivity index (χ1v) is 12.4. The van der Waals surface area contributed by atoms with Crippen LogP contribution >= 0.6 is 23.2 Å². The Bertz CT molecular complexity index is 1550. The number of nitrogens with one attached hydrogen (secondary N) is 1. The summed E-state index contributed by atoms with van der Waals surface area (Å²) in [5, 5.41) is 18.4. The zero-order valence-electron chi connectivity index (χ0n) is 20.3. The van der Waals surface area contributed by atoms with Gasteiger partial charge in [0.25, 0.3) is 5.91 Å². The summed E-state index contributed by atoms with van der Waals surface area (Å²) in [4.78, 5) is 31.9.